The molecule has 2 aliphatic rings. The van der Waals surface area contributed by atoms with Gasteiger partial charge in [0.1, 0.15) is 5.75 Å². The van der Waals surface area contributed by atoms with E-state index in [1.807, 2.05) is 0 Å². The summed E-state index contributed by atoms with van der Waals surface area (Å²) < 4.78 is 29.7. The highest BCUT2D eigenvalue weighted by Crippen LogP contribution is 2.44. The molecule has 2 atom stereocenters. The second-order valence-electron chi connectivity index (χ2n) is 7.44. The molecule has 2 heterocycles. The van der Waals surface area contributed by atoms with Gasteiger partial charge < -0.3 is 9.64 Å². The van der Waals surface area contributed by atoms with Crippen LogP contribution in [0, 0.1) is 5.41 Å². The standard InChI is InChI=1S/C17H21ClN2O4S2/c1-17(2,3)15(21)19-16-20(11-7-10(18)5-6-13(11)24-4)12-8-26(22,23)9-14(12)25-16/h5-7,12,14H,8-9H2,1-4H3/t12-,14+/m0/s1. The van der Waals surface area contributed by atoms with Crippen molar-refractivity contribution in [1.29, 1.82) is 0 Å². The van der Waals surface area contributed by atoms with Crippen LogP contribution in [0.15, 0.2) is 23.2 Å². The Hall–Kier alpha value is -1.25. The number of hydrogen-bond donors (Lipinski definition) is 0. The molecule has 3 rings (SSSR count). The fraction of sp³-hybridized carbons (Fsp3) is 0.529. The number of nitrogens with zero attached hydrogens (tertiary/aromatic N) is 2. The number of methoxy groups -OCH3 is 1. The van der Waals surface area contributed by atoms with E-state index in [4.69, 9.17) is 16.3 Å². The van der Waals surface area contributed by atoms with Gasteiger partial charge in [0.2, 0.25) is 0 Å². The summed E-state index contributed by atoms with van der Waals surface area (Å²) in [5.41, 5.74) is -0.000846. The largest absolute Gasteiger partial charge is 0.495 e. The van der Waals surface area contributed by atoms with Gasteiger partial charge in [-0.15, -0.1) is 0 Å². The lowest BCUT2D eigenvalue weighted by atomic mass is 9.96. The van der Waals surface area contributed by atoms with Crippen molar-refractivity contribution in [1.82, 2.24) is 0 Å². The molecule has 1 aromatic carbocycles. The monoisotopic (exact) mass is 416 g/mol. The van der Waals surface area contributed by atoms with E-state index in [0.717, 1.165) is 0 Å². The number of carbonyl (C=O) groups is 1. The van der Waals surface area contributed by atoms with Crippen molar-refractivity contribution in [3.8, 4) is 5.75 Å². The van der Waals surface area contributed by atoms with Crippen LogP contribution in [0.5, 0.6) is 5.75 Å². The summed E-state index contributed by atoms with van der Waals surface area (Å²) in [5, 5.41) is 0.821. The molecular formula is C17H21ClN2O4S2. The number of fused-ring (bicyclic) bond motifs is 1. The van der Waals surface area contributed by atoms with Gasteiger partial charge >= 0.3 is 0 Å². The molecule has 6 nitrogen and oxygen atoms in total. The Morgan fingerprint density at radius 3 is 2.65 bits per heavy atom. The molecule has 26 heavy (non-hydrogen) atoms. The van der Waals surface area contributed by atoms with Gasteiger partial charge in [0, 0.05) is 15.7 Å². The Balaban J connectivity index is 2.11. The summed E-state index contributed by atoms with van der Waals surface area (Å²) in [6.07, 6.45) is 0. The molecule has 2 aliphatic heterocycles. The molecule has 0 unspecified atom stereocenters. The van der Waals surface area contributed by atoms with E-state index < -0.39 is 15.3 Å². The average molecular weight is 417 g/mol. The second kappa shape index (κ2) is 6.73. The van der Waals surface area contributed by atoms with E-state index >= 15 is 0 Å². The minimum absolute atomic E-state index is 0.0169. The highest BCUT2D eigenvalue weighted by molar-refractivity contribution is 8.16. The molecule has 142 valence electrons. The van der Waals surface area contributed by atoms with Crippen LogP contribution in [0.4, 0.5) is 5.69 Å². The zero-order chi connectivity index (χ0) is 19.3. The number of amidine groups is 1. The van der Waals surface area contributed by atoms with Crippen molar-refractivity contribution in [3.05, 3.63) is 23.2 Å². The summed E-state index contributed by atoms with van der Waals surface area (Å²) in [4.78, 5) is 18.6. The van der Waals surface area contributed by atoms with Gasteiger partial charge in [-0.05, 0) is 18.2 Å². The number of rotatable bonds is 2. The summed E-state index contributed by atoms with van der Waals surface area (Å²) >= 11 is 7.50. The summed E-state index contributed by atoms with van der Waals surface area (Å²) in [6, 6.07) is 4.84. The number of benzene rings is 1. The van der Waals surface area contributed by atoms with Gasteiger partial charge in [0.05, 0.1) is 30.3 Å². The maximum absolute atomic E-state index is 12.5. The van der Waals surface area contributed by atoms with Crippen LogP contribution in [0.2, 0.25) is 5.02 Å². The first kappa shape index (κ1) is 19.5. The van der Waals surface area contributed by atoms with Crippen molar-refractivity contribution < 1.29 is 17.9 Å². The van der Waals surface area contributed by atoms with Crippen LogP contribution >= 0.6 is 23.4 Å². The second-order valence-corrected chi connectivity index (χ2v) is 11.2. The maximum atomic E-state index is 12.5. The number of halogens is 1. The predicted molar refractivity (Wildman–Crippen MR) is 106 cm³/mol. The van der Waals surface area contributed by atoms with Gasteiger partial charge in [0.15, 0.2) is 15.0 Å². The van der Waals surface area contributed by atoms with E-state index in [9.17, 15) is 13.2 Å². The van der Waals surface area contributed by atoms with Crippen molar-refractivity contribution in [2.75, 3.05) is 23.5 Å². The summed E-state index contributed by atoms with van der Waals surface area (Å²) in [5.74, 6) is 0.387. The SMILES string of the molecule is COc1ccc(Cl)cc1N1C(=NC(=O)C(C)(C)C)S[C@@H]2CS(=O)(=O)C[C@@H]21. The van der Waals surface area contributed by atoms with Gasteiger partial charge in [-0.3, -0.25) is 4.79 Å². The van der Waals surface area contributed by atoms with Crippen LogP contribution in [-0.4, -0.2) is 49.4 Å². The lowest BCUT2D eigenvalue weighted by Gasteiger charge is -2.27. The third-order valence-corrected chi connectivity index (χ3v) is 7.75. The smallest absolute Gasteiger partial charge is 0.253 e. The van der Waals surface area contributed by atoms with E-state index in [1.165, 1.54) is 18.9 Å². The number of sulfone groups is 1. The molecule has 1 aromatic rings. The Morgan fingerprint density at radius 1 is 1.35 bits per heavy atom. The normalized spacial score (nSPS) is 26.2. The van der Waals surface area contributed by atoms with Crippen LogP contribution < -0.4 is 9.64 Å². The number of hydrogen-bond acceptors (Lipinski definition) is 5. The van der Waals surface area contributed by atoms with E-state index in [0.29, 0.717) is 21.6 Å². The minimum Gasteiger partial charge on any atom is -0.495 e. The molecule has 2 saturated heterocycles. The Kier molecular flexibility index (Phi) is 5.05. The first-order valence-electron chi connectivity index (χ1n) is 8.15. The van der Waals surface area contributed by atoms with E-state index in [2.05, 4.69) is 4.99 Å². The highest BCUT2D eigenvalue weighted by atomic mass is 35.5. The number of thioether (sulfide) groups is 1. The number of aliphatic imine (C=N–C) groups is 1. The molecule has 0 bridgehead atoms. The Labute approximate surface area is 162 Å². The van der Waals surface area contributed by atoms with Crippen LogP contribution in [0.1, 0.15) is 20.8 Å². The maximum Gasteiger partial charge on any atom is 0.253 e. The van der Waals surface area contributed by atoms with Crippen LogP contribution in [0.25, 0.3) is 0 Å². The van der Waals surface area contributed by atoms with Gasteiger partial charge in [-0.25, -0.2) is 8.42 Å². The third-order valence-electron chi connectivity index (χ3n) is 4.31. The zero-order valence-corrected chi connectivity index (χ0v) is 17.4. The number of carbonyl (C=O) groups excluding carboxylic acids is 1. The number of ether oxygens (including phenoxy) is 1. The molecule has 0 aliphatic carbocycles. The van der Waals surface area contributed by atoms with E-state index in [1.54, 1.807) is 43.9 Å². The molecule has 9 heteroatoms. The topological polar surface area (TPSA) is 76.0 Å². The van der Waals surface area contributed by atoms with E-state index in [-0.39, 0.29) is 28.7 Å². The van der Waals surface area contributed by atoms with Crippen molar-refractivity contribution in [2.24, 2.45) is 10.4 Å². The van der Waals surface area contributed by atoms with Crippen molar-refractivity contribution >= 4 is 50.0 Å². The molecule has 2 fully saturated rings. The summed E-state index contributed by atoms with van der Waals surface area (Å²) in [6.45, 7) is 5.40. The first-order chi connectivity index (χ1) is 12.0. The highest BCUT2D eigenvalue weighted by Gasteiger charge is 2.50. The average Bonchev–Trinajstić information content (AvgIpc) is 2.97. The fourth-order valence-corrected chi connectivity index (χ4v) is 7.02. The molecule has 0 saturated carbocycles. The lowest BCUT2D eigenvalue weighted by Crippen LogP contribution is -2.38. The molecule has 0 spiro atoms. The third kappa shape index (κ3) is 3.73. The minimum atomic E-state index is -3.13. The molecule has 0 N–H and O–H groups in total. The van der Waals surface area contributed by atoms with Crippen molar-refractivity contribution in [3.63, 3.8) is 0 Å². The Bertz CT molecular complexity index is 877. The molecule has 0 radical (unpaired) electrons. The summed E-state index contributed by atoms with van der Waals surface area (Å²) in [7, 11) is -1.60. The van der Waals surface area contributed by atoms with Gasteiger partial charge in [0.25, 0.3) is 5.91 Å². The predicted octanol–water partition coefficient (Wildman–Crippen LogP) is 3.00. The lowest BCUT2D eigenvalue weighted by molar-refractivity contribution is -0.124. The number of anilines is 1. The number of amides is 1. The van der Waals surface area contributed by atoms with Gasteiger partial charge in [-0.1, -0.05) is 44.1 Å². The quantitative estimate of drug-likeness (QED) is 0.737. The Morgan fingerprint density at radius 2 is 2.04 bits per heavy atom. The first-order valence-corrected chi connectivity index (χ1v) is 11.2. The van der Waals surface area contributed by atoms with Crippen LogP contribution in [0.3, 0.4) is 0 Å². The fourth-order valence-electron chi connectivity index (χ4n) is 2.95. The zero-order valence-electron chi connectivity index (χ0n) is 15.0. The molecule has 0 aromatic heterocycles. The molecule has 1 amide bonds. The van der Waals surface area contributed by atoms with Crippen molar-refractivity contribution in [2.45, 2.75) is 32.1 Å². The van der Waals surface area contributed by atoms with Gasteiger partial charge in [-0.2, -0.15) is 4.99 Å². The van der Waals surface area contributed by atoms with Crippen LogP contribution in [-0.2, 0) is 14.6 Å². The molecular weight excluding hydrogens is 396 g/mol.